The second-order valence-corrected chi connectivity index (χ2v) is 5.29. The van der Waals surface area contributed by atoms with Crippen molar-refractivity contribution < 1.29 is 9.90 Å². The maximum Gasteiger partial charge on any atom is 0.354 e. The zero-order chi connectivity index (χ0) is 15.4. The molecule has 0 amide bonds. The molecule has 22 heavy (non-hydrogen) atoms. The topological polar surface area (TPSA) is 78.4 Å². The zero-order valence-corrected chi connectivity index (χ0v) is 12.2. The second-order valence-electron chi connectivity index (χ2n) is 5.29. The summed E-state index contributed by atoms with van der Waals surface area (Å²) in [4.78, 5) is 21.7. The molecule has 3 rings (SSSR count). The van der Waals surface area contributed by atoms with Crippen LogP contribution in [0.25, 0.3) is 0 Å². The zero-order valence-electron chi connectivity index (χ0n) is 12.2. The second kappa shape index (κ2) is 6.43. The third-order valence-electron chi connectivity index (χ3n) is 3.68. The number of carboxylic acid groups (broad SMARTS) is 1. The Labute approximate surface area is 128 Å². The highest BCUT2D eigenvalue weighted by Crippen LogP contribution is 2.17. The van der Waals surface area contributed by atoms with E-state index in [0.29, 0.717) is 12.4 Å². The minimum absolute atomic E-state index is 0.0347. The first-order chi connectivity index (χ1) is 10.7. The number of hydrogen-bond donors (Lipinski definition) is 2. The summed E-state index contributed by atoms with van der Waals surface area (Å²) in [5.41, 5.74) is 1.07. The summed E-state index contributed by atoms with van der Waals surface area (Å²) in [5, 5.41) is 12.0. The molecule has 2 N–H and O–H groups in total. The summed E-state index contributed by atoms with van der Waals surface area (Å²) in [5.74, 6) is 0.538. The Morgan fingerprint density at radius 1 is 1.23 bits per heavy atom. The highest BCUT2D eigenvalue weighted by atomic mass is 16.4. The van der Waals surface area contributed by atoms with Crippen molar-refractivity contribution in [2.75, 3.05) is 23.3 Å². The molecule has 1 fully saturated rings. The number of pyridine rings is 2. The molecule has 0 atom stereocenters. The van der Waals surface area contributed by atoms with Gasteiger partial charge < -0.3 is 15.3 Å². The third kappa shape index (κ3) is 3.33. The number of carboxylic acids is 1. The highest BCUT2D eigenvalue weighted by molar-refractivity contribution is 5.85. The molecule has 2 aromatic rings. The van der Waals surface area contributed by atoms with Crippen LogP contribution in [0.3, 0.4) is 0 Å². The smallest absolute Gasteiger partial charge is 0.354 e. The Morgan fingerprint density at radius 3 is 2.73 bits per heavy atom. The van der Waals surface area contributed by atoms with Crippen LogP contribution in [-0.4, -0.2) is 34.1 Å². The minimum atomic E-state index is -1.03. The SMILES string of the molecule is O=C(O)c1cccc(NCc2ccc(N3CCCC3)nc2)n1. The lowest BCUT2D eigenvalue weighted by Gasteiger charge is -2.16. The van der Waals surface area contributed by atoms with Crippen LogP contribution in [0.1, 0.15) is 28.9 Å². The van der Waals surface area contributed by atoms with Gasteiger partial charge in [0.25, 0.3) is 0 Å². The fourth-order valence-electron chi connectivity index (χ4n) is 2.50. The van der Waals surface area contributed by atoms with Crippen molar-refractivity contribution in [2.24, 2.45) is 0 Å². The van der Waals surface area contributed by atoms with E-state index in [1.165, 1.54) is 18.9 Å². The Hall–Kier alpha value is -2.63. The van der Waals surface area contributed by atoms with Gasteiger partial charge in [0.2, 0.25) is 0 Å². The van der Waals surface area contributed by atoms with Gasteiger partial charge in [0, 0.05) is 25.8 Å². The van der Waals surface area contributed by atoms with E-state index in [4.69, 9.17) is 5.11 Å². The largest absolute Gasteiger partial charge is 0.477 e. The molecule has 1 aliphatic rings. The van der Waals surface area contributed by atoms with Crippen LogP contribution >= 0.6 is 0 Å². The van der Waals surface area contributed by atoms with Crippen LogP contribution < -0.4 is 10.2 Å². The van der Waals surface area contributed by atoms with Gasteiger partial charge in [-0.2, -0.15) is 0 Å². The van der Waals surface area contributed by atoms with E-state index in [1.807, 2.05) is 18.3 Å². The van der Waals surface area contributed by atoms with Crippen molar-refractivity contribution in [2.45, 2.75) is 19.4 Å². The van der Waals surface area contributed by atoms with Gasteiger partial charge in [-0.1, -0.05) is 12.1 Å². The molecular weight excluding hydrogens is 280 g/mol. The maximum atomic E-state index is 10.9. The number of hydrogen-bond acceptors (Lipinski definition) is 5. The molecule has 0 aromatic carbocycles. The van der Waals surface area contributed by atoms with Gasteiger partial charge in [-0.05, 0) is 36.6 Å². The van der Waals surface area contributed by atoms with E-state index in [0.717, 1.165) is 24.5 Å². The molecular formula is C16H18N4O2. The van der Waals surface area contributed by atoms with Crippen molar-refractivity contribution in [3.8, 4) is 0 Å². The molecule has 0 spiro atoms. The fourth-order valence-corrected chi connectivity index (χ4v) is 2.50. The third-order valence-corrected chi connectivity index (χ3v) is 3.68. The monoisotopic (exact) mass is 298 g/mol. The first-order valence-corrected chi connectivity index (χ1v) is 7.36. The molecule has 6 heteroatoms. The molecule has 1 saturated heterocycles. The summed E-state index contributed by atoms with van der Waals surface area (Å²) in [6.07, 6.45) is 4.31. The number of nitrogens with one attached hydrogen (secondary N) is 1. The van der Waals surface area contributed by atoms with Crippen LogP contribution in [0, 0.1) is 0 Å². The molecule has 0 saturated carbocycles. The van der Waals surface area contributed by atoms with Gasteiger partial charge in [0.1, 0.15) is 11.6 Å². The Morgan fingerprint density at radius 2 is 2.05 bits per heavy atom. The van der Waals surface area contributed by atoms with Gasteiger partial charge >= 0.3 is 5.97 Å². The van der Waals surface area contributed by atoms with E-state index in [2.05, 4.69) is 20.2 Å². The fraction of sp³-hybridized carbons (Fsp3) is 0.312. The first kappa shape index (κ1) is 14.3. The standard InChI is InChI=1S/C16H18N4O2/c21-16(22)13-4-3-5-14(19-13)17-10-12-6-7-15(18-11-12)20-8-1-2-9-20/h3-7,11H,1-2,8-10H2,(H,17,19)(H,21,22). The van der Waals surface area contributed by atoms with Gasteiger partial charge in [-0.15, -0.1) is 0 Å². The number of anilines is 2. The van der Waals surface area contributed by atoms with Gasteiger partial charge in [0.05, 0.1) is 0 Å². The van der Waals surface area contributed by atoms with Crippen molar-refractivity contribution in [1.82, 2.24) is 9.97 Å². The van der Waals surface area contributed by atoms with E-state index in [-0.39, 0.29) is 5.69 Å². The predicted octanol–water partition coefficient (Wildman–Crippen LogP) is 2.39. The molecule has 114 valence electrons. The van der Waals surface area contributed by atoms with Crippen molar-refractivity contribution in [3.63, 3.8) is 0 Å². The van der Waals surface area contributed by atoms with Gasteiger partial charge in [0.15, 0.2) is 5.69 Å². The van der Waals surface area contributed by atoms with E-state index in [9.17, 15) is 4.79 Å². The van der Waals surface area contributed by atoms with Gasteiger partial charge in [-0.25, -0.2) is 14.8 Å². The number of rotatable bonds is 5. The predicted molar refractivity (Wildman–Crippen MR) is 84.2 cm³/mol. The Bertz CT molecular complexity index is 651. The van der Waals surface area contributed by atoms with Crippen molar-refractivity contribution in [1.29, 1.82) is 0 Å². The molecule has 6 nitrogen and oxygen atoms in total. The van der Waals surface area contributed by atoms with Crippen LogP contribution in [0.15, 0.2) is 36.5 Å². The molecule has 0 unspecified atom stereocenters. The van der Waals surface area contributed by atoms with Crippen molar-refractivity contribution in [3.05, 3.63) is 47.8 Å². The van der Waals surface area contributed by atoms with Crippen LogP contribution in [0.5, 0.6) is 0 Å². The van der Waals surface area contributed by atoms with Crippen LogP contribution in [0.4, 0.5) is 11.6 Å². The normalized spacial score (nSPS) is 14.1. The molecule has 0 bridgehead atoms. The molecule has 1 aliphatic heterocycles. The lowest BCUT2D eigenvalue weighted by Crippen LogP contribution is -2.18. The van der Waals surface area contributed by atoms with Gasteiger partial charge in [-0.3, -0.25) is 0 Å². The maximum absolute atomic E-state index is 10.9. The minimum Gasteiger partial charge on any atom is -0.477 e. The number of nitrogens with zero attached hydrogens (tertiary/aromatic N) is 3. The summed E-state index contributed by atoms with van der Waals surface area (Å²) in [6, 6.07) is 8.96. The molecule has 2 aromatic heterocycles. The van der Waals surface area contributed by atoms with Crippen LogP contribution in [-0.2, 0) is 6.54 Å². The Kier molecular flexibility index (Phi) is 4.18. The van der Waals surface area contributed by atoms with Crippen LogP contribution in [0.2, 0.25) is 0 Å². The van der Waals surface area contributed by atoms with E-state index < -0.39 is 5.97 Å². The summed E-state index contributed by atoms with van der Waals surface area (Å²) in [7, 11) is 0. The number of aromatic nitrogens is 2. The Balaban J connectivity index is 1.61. The quantitative estimate of drug-likeness (QED) is 0.882. The number of aromatic carboxylic acids is 1. The average molecular weight is 298 g/mol. The molecule has 0 aliphatic carbocycles. The van der Waals surface area contributed by atoms with E-state index in [1.54, 1.807) is 12.1 Å². The van der Waals surface area contributed by atoms with E-state index >= 15 is 0 Å². The summed E-state index contributed by atoms with van der Waals surface area (Å²) >= 11 is 0. The van der Waals surface area contributed by atoms with Crippen molar-refractivity contribution >= 4 is 17.6 Å². The average Bonchev–Trinajstić information content (AvgIpc) is 3.08. The molecule has 0 radical (unpaired) electrons. The molecule has 3 heterocycles. The summed E-state index contributed by atoms with van der Waals surface area (Å²) in [6.45, 7) is 2.72. The lowest BCUT2D eigenvalue weighted by atomic mass is 10.2. The lowest BCUT2D eigenvalue weighted by molar-refractivity contribution is 0.0690. The summed E-state index contributed by atoms with van der Waals surface area (Å²) < 4.78 is 0. The first-order valence-electron chi connectivity index (χ1n) is 7.36. The highest BCUT2D eigenvalue weighted by Gasteiger charge is 2.12. The number of carbonyl (C=O) groups is 1.